The van der Waals surface area contributed by atoms with E-state index in [-0.39, 0.29) is 18.2 Å². The van der Waals surface area contributed by atoms with E-state index in [0.29, 0.717) is 13.1 Å². The number of nitrogens with two attached hydrogens (primary N) is 1. The molecule has 0 radical (unpaired) electrons. The van der Waals surface area contributed by atoms with Gasteiger partial charge in [0.15, 0.2) is 0 Å². The Bertz CT molecular complexity index is 1190. The van der Waals surface area contributed by atoms with Crippen molar-refractivity contribution in [1.29, 1.82) is 0 Å². The van der Waals surface area contributed by atoms with Gasteiger partial charge in [-0.2, -0.15) is 0 Å². The summed E-state index contributed by atoms with van der Waals surface area (Å²) in [5.74, 6) is 0. The number of hydrogen-bond acceptors (Lipinski definition) is 3. The molecule has 4 aromatic rings. The normalized spacial score (nSPS) is 16.2. The van der Waals surface area contributed by atoms with Gasteiger partial charge in [0.1, 0.15) is 0 Å². The van der Waals surface area contributed by atoms with Gasteiger partial charge in [-0.1, -0.05) is 109 Å². The summed E-state index contributed by atoms with van der Waals surface area (Å²) in [6.07, 6.45) is 0.602. The molecule has 0 aliphatic carbocycles. The lowest BCUT2D eigenvalue weighted by atomic mass is 9.88. The van der Waals surface area contributed by atoms with Gasteiger partial charge >= 0.3 is 0 Å². The van der Waals surface area contributed by atoms with Gasteiger partial charge in [0.05, 0.1) is 18.2 Å². The Labute approximate surface area is 196 Å². The summed E-state index contributed by atoms with van der Waals surface area (Å²) in [5, 5.41) is 9.99. The van der Waals surface area contributed by atoms with Gasteiger partial charge in [-0.15, -0.1) is 0 Å². The number of β-amino-alcohol motifs (C(OH)–C–C–N with tert-alkyl or cyclic N) is 1. The zero-order chi connectivity index (χ0) is 22.6. The van der Waals surface area contributed by atoms with Gasteiger partial charge in [0, 0.05) is 13.1 Å². The fourth-order valence-electron chi connectivity index (χ4n) is 4.85. The van der Waals surface area contributed by atoms with E-state index in [1.807, 2.05) is 18.2 Å². The molecule has 4 aromatic carbocycles. The maximum Gasteiger partial charge on any atom is 0.0794 e. The van der Waals surface area contributed by atoms with E-state index in [9.17, 15) is 5.11 Å². The van der Waals surface area contributed by atoms with Crippen LogP contribution in [0.5, 0.6) is 0 Å². The summed E-state index contributed by atoms with van der Waals surface area (Å²) >= 11 is 0. The number of rotatable bonds is 7. The minimum Gasteiger partial charge on any atom is -0.390 e. The molecule has 1 fully saturated rings. The van der Waals surface area contributed by atoms with Crippen LogP contribution < -0.4 is 5.73 Å². The molecule has 3 heteroatoms. The van der Waals surface area contributed by atoms with Crippen molar-refractivity contribution in [1.82, 2.24) is 4.90 Å². The highest BCUT2D eigenvalue weighted by atomic mass is 16.3. The van der Waals surface area contributed by atoms with Crippen molar-refractivity contribution in [2.75, 3.05) is 13.1 Å². The Morgan fingerprint density at radius 1 is 0.727 bits per heavy atom. The number of aliphatic hydroxyl groups excluding tert-OH is 1. The van der Waals surface area contributed by atoms with Crippen molar-refractivity contribution < 1.29 is 5.11 Å². The summed E-state index contributed by atoms with van der Waals surface area (Å²) in [6.45, 7) is 1.41. The molecule has 1 saturated heterocycles. The standard InChI is InChI=1S/C30H30N2O/c31-29(23-11-3-1-4-12-23)26-16-9-10-22(19-26)18-25-15-7-8-17-28(25)30(32-20-27(33)21-32)24-13-5-2-6-14-24/h1-17,19,27,29-30,33H,18,20-21,31H2. The second-order valence-corrected chi connectivity index (χ2v) is 8.93. The van der Waals surface area contributed by atoms with E-state index in [2.05, 4.69) is 95.9 Å². The first-order valence-corrected chi connectivity index (χ1v) is 11.6. The number of hydrogen-bond donors (Lipinski definition) is 2. The zero-order valence-corrected chi connectivity index (χ0v) is 18.7. The maximum absolute atomic E-state index is 9.99. The molecule has 0 saturated carbocycles. The SMILES string of the molecule is NC(c1ccccc1)c1cccc(Cc2ccccc2C(c2ccccc2)N2CC(O)C2)c1. The van der Waals surface area contributed by atoms with Crippen molar-refractivity contribution in [2.24, 2.45) is 5.73 Å². The number of benzene rings is 4. The molecular formula is C30H30N2O. The molecule has 0 bridgehead atoms. The van der Waals surface area contributed by atoms with Crippen LogP contribution in [-0.4, -0.2) is 29.2 Å². The van der Waals surface area contributed by atoms with Crippen LogP contribution >= 0.6 is 0 Å². The highest BCUT2D eigenvalue weighted by Gasteiger charge is 2.33. The molecule has 1 aliphatic heterocycles. The monoisotopic (exact) mass is 434 g/mol. The van der Waals surface area contributed by atoms with Crippen molar-refractivity contribution in [3.05, 3.63) is 143 Å². The molecule has 3 N–H and O–H groups in total. The third-order valence-electron chi connectivity index (χ3n) is 6.58. The second kappa shape index (κ2) is 9.72. The van der Waals surface area contributed by atoms with Gasteiger partial charge < -0.3 is 10.8 Å². The predicted octanol–water partition coefficient (Wildman–Crippen LogP) is 5.09. The predicted molar refractivity (Wildman–Crippen MR) is 134 cm³/mol. The topological polar surface area (TPSA) is 49.5 Å². The van der Waals surface area contributed by atoms with Crippen molar-refractivity contribution in [2.45, 2.75) is 24.6 Å². The number of aliphatic hydroxyl groups is 1. The molecule has 2 atom stereocenters. The first-order valence-electron chi connectivity index (χ1n) is 11.6. The first kappa shape index (κ1) is 21.6. The molecule has 5 rings (SSSR count). The molecular weight excluding hydrogens is 404 g/mol. The summed E-state index contributed by atoms with van der Waals surface area (Å²) in [5.41, 5.74) is 13.9. The average molecular weight is 435 g/mol. The fourth-order valence-corrected chi connectivity index (χ4v) is 4.85. The Morgan fingerprint density at radius 3 is 2.03 bits per heavy atom. The van der Waals surface area contributed by atoms with Crippen LogP contribution in [0.2, 0.25) is 0 Å². The molecule has 166 valence electrons. The lowest BCUT2D eigenvalue weighted by Gasteiger charge is -2.43. The van der Waals surface area contributed by atoms with Crippen LogP contribution in [-0.2, 0) is 6.42 Å². The maximum atomic E-state index is 9.99. The van der Waals surface area contributed by atoms with E-state index in [1.54, 1.807) is 0 Å². The first-order chi connectivity index (χ1) is 16.2. The Kier molecular flexibility index (Phi) is 6.36. The van der Waals surface area contributed by atoms with Gasteiger partial charge in [0.2, 0.25) is 0 Å². The third-order valence-corrected chi connectivity index (χ3v) is 6.58. The second-order valence-electron chi connectivity index (χ2n) is 8.93. The van der Waals surface area contributed by atoms with Crippen LogP contribution in [0.15, 0.2) is 109 Å². The third kappa shape index (κ3) is 4.76. The molecule has 0 aromatic heterocycles. The smallest absolute Gasteiger partial charge is 0.0794 e. The van der Waals surface area contributed by atoms with Crippen LogP contribution in [0.3, 0.4) is 0 Å². The minimum atomic E-state index is -0.237. The molecule has 0 spiro atoms. The molecule has 1 heterocycles. The quantitative estimate of drug-likeness (QED) is 0.426. The minimum absolute atomic E-state index is 0.138. The van der Waals surface area contributed by atoms with Gasteiger partial charge in [-0.05, 0) is 39.8 Å². The number of nitrogens with zero attached hydrogens (tertiary/aromatic N) is 1. The van der Waals surface area contributed by atoms with E-state index in [4.69, 9.17) is 5.73 Å². The lowest BCUT2D eigenvalue weighted by Crippen LogP contribution is -2.52. The van der Waals surface area contributed by atoms with E-state index < -0.39 is 0 Å². The Hall–Kier alpha value is -3.24. The van der Waals surface area contributed by atoms with Gasteiger partial charge in [-0.25, -0.2) is 0 Å². The van der Waals surface area contributed by atoms with Crippen molar-refractivity contribution in [3.63, 3.8) is 0 Å². The summed E-state index contributed by atoms with van der Waals surface area (Å²) in [6, 6.07) is 38.2. The van der Waals surface area contributed by atoms with Crippen molar-refractivity contribution in [3.8, 4) is 0 Å². The zero-order valence-electron chi connectivity index (χ0n) is 18.7. The molecule has 33 heavy (non-hydrogen) atoms. The summed E-state index contributed by atoms with van der Waals surface area (Å²) in [4.78, 5) is 2.36. The molecule has 1 aliphatic rings. The fraction of sp³-hybridized carbons (Fsp3) is 0.200. The van der Waals surface area contributed by atoms with Crippen LogP contribution in [0.1, 0.15) is 45.5 Å². The van der Waals surface area contributed by atoms with Crippen LogP contribution in [0.25, 0.3) is 0 Å². The molecule has 3 nitrogen and oxygen atoms in total. The largest absolute Gasteiger partial charge is 0.390 e. The summed E-state index contributed by atoms with van der Waals surface area (Å²) < 4.78 is 0. The Balaban J connectivity index is 1.46. The highest BCUT2D eigenvalue weighted by Crippen LogP contribution is 2.35. The molecule has 0 amide bonds. The van der Waals surface area contributed by atoms with Crippen molar-refractivity contribution >= 4 is 0 Å². The highest BCUT2D eigenvalue weighted by molar-refractivity contribution is 5.42. The number of likely N-dealkylation sites (tertiary alicyclic amines) is 1. The van der Waals surface area contributed by atoms with Crippen LogP contribution in [0.4, 0.5) is 0 Å². The lowest BCUT2D eigenvalue weighted by molar-refractivity contribution is -0.0162. The Morgan fingerprint density at radius 2 is 1.33 bits per heavy atom. The van der Waals surface area contributed by atoms with E-state index >= 15 is 0 Å². The average Bonchev–Trinajstić information content (AvgIpc) is 2.85. The van der Waals surface area contributed by atoms with Crippen LogP contribution in [0, 0.1) is 0 Å². The van der Waals surface area contributed by atoms with Gasteiger partial charge in [-0.3, -0.25) is 4.90 Å². The van der Waals surface area contributed by atoms with Gasteiger partial charge in [0.25, 0.3) is 0 Å². The molecule has 2 unspecified atom stereocenters. The summed E-state index contributed by atoms with van der Waals surface area (Å²) in [7, 11) is 0. The van der Waals surface area contributed by atoms with E-state index in [0.717, 1.165) is 17.5 Å². The van der Waals surface area contributed by atoms with E-state index in [1.165, 1.54) is 22.3 Å².